The molecule has 0 unspecified atom stereocenters. The molecule has 1 aliphatic rings. The van der Waals surface area contributed by atoms with E-state index in [1.165, 1.54) is 7.11 Å². The highest BCUT2D eigenvalue weighted by atomic mass is 16.5. The van der Waals surface area contributed by atoms with Crippen LogP contribution in [0.1, 0.15) is 45.0 Å². The van der Waals surface area contributed by atoms with Crippen molar-refractivity contribution in [1.82, 2.24) is 9.80 Å². The van der Waals surface area contributed by atoms with Crippen LogP contribution in [0.2, 0.25) is 0 Å². The number of ether oxygens (including phenoxy) is 1. The van der Waals surface area contributed by atoms with Gasteiger partial charge in [0.2, 0.25) is 0 Å². The summed E-state index contributed by atoms with van der Waals surface area (Å²) in [5.74, 6) is -0.283. The molecule has 1 aromatic rings. The Bertz CT molecular complexity index is 638. The summed E-state index contributed by atoms with van der Waals surface area (Å²) in [6.45, 7) is 12.0. The molecule has 0 aromatic heterocycles. The SMILES string of the molecule is CC.CC(C)C.COC(=O)N1CCN(C(=O)c2cccc(NCC(=O)O)c2)CC1. The summed E-state index contributed by atoms with van der Waals surface area (Å²) in [4.78, 5) is 37.7. The molecule has 2 amide bonds. The van der Waals surface area contributed by atoms with Crippen LogP contribution in [0.4, 0.5) is 10.5 Å². The van der Waals surface area contributed by atoms with Crippen molar-refractivity contribution in [2.45, 2.75) is 34.6 Å². The molecule has 1 aromatic carbocycles. The molecule has 1 heterocycles. The molecule has 0 radical (unpaired) electrons. The standard InChI is InChI=1S/C15H19N3O5.C4H10.C2H6/c1-23-15(22)18-7-5-17(6-8-18)14(21)11-3-2-4-12(9-11)16-10-13(19)20;1-4(2)3;1-2/h2-4,9,16H,5-8,10H2,1H3,(H,19,20);4H,1-3H3;1-2H3. The number of anilines is 1. The van der Waals surface area contributed by atoms with Gasteiger partial charge >= 0.3 is 12.1 Å². The van der Waals surface area contributed by atoms with Gasteiger partial charge in [-0.3, -0.25) is 9.59 Å². The molecule has 8 heteroatoms. The Morgan fingerprint density at radius 1 is 1.07 bits per heavy atom. The third-order valence-electron chi connectivity index (χ3n) is 3.55. The number of carboxylic acid groups (broad SMARTS) is 1. The number of aliphatic carboxylic acids is 1. The maximum absolute atomic E-state index is 12.5. The normalized spacial score (nSPS) is 12.8. The molecule has 1 saturated heterocycles. The molecule has 0 atom stereocenters. The topological polar surface area (TPSA) is 99.2 Å². The van der Waals surface area contributed by atoms with E-state index in [2.05, 4.69) is 30.8 Å². The van der Waals surface area contributed by atoms with Crippen LogP contribution >= 0.6 is 0 Å². The molecule has 2 rings (SSSR count). The fraction of sp³-hybridized carbons (Fsp3) is 0.571. The number of carbonyl (C=O) groups is 3. The number of carboxylic acids is 1. The van der Waals surface area contributed by atoms with Crippen LogP contribution in [-0.2, 0) is 9.53 Å². The fourth-order valence-electron chi connectivity index (χ4n) is 2.34. The smallest absolute Gasteiger partial charge is 0.409 e. The summed E-state index contributed by atoms with van der Waals surface area (Å²) in [6.07, 6.45) is -0.392. The quantitative estimate of drug-likeness (QED) is 0.791. The lowest BCUT2D eigenvalue weighted by molar-refractivity contribution is -0.134. The molecule has 1 aliphatic heterocycles. The second kappa shape index (κ2) is 14.3. The minimum atomic E-state index is -0.972. The number of hydrogen-bond donors (Lipinski definition) is 2. The van der Waals surface area contributed by atoms with Crippen molar-refractivity contribution in [3.8, 4) is 0 Å². The third kappa shape index (κ3) is 10.4. The van der Waals surface area contributed by atoms with Crippen LogP contribution in [0, 0.1) is 5.92 Å². The van der Waals surface area contributed by atoms with Crippen LogP contribution in [0.5, 0.6) is 0 Å². The van der Waals surface area contributed by atoms with Crippen molar-refractivity contribution in [2.75, 3.05) is 45.2 Å². The molecule has 0 bridgehead atoms. The van der Waals surface area contributed by atoms with Crippen molar-refractivity contribution in [2.24, 2.45) is 5.92 Å². The Labute approximate surface area is 173 Å². The van der Waals surface area contributed by atoms with Crippen molar-refractivity contribution >= 4 is 23.7 Å². The van der Waals surface area contributed by atoms with E-state index in [1.54, 1.807) is 34.1 Å². The minimum Gasteiger partial charge on any atom is -0.480 e. The number of methoxy groups -OCH3 is 1. The first-order valence-corrected chi connectivity index (χ1v) is 9.92. The molecule has 0 spiro atoms. The Kier molecular flexibility index (Phi) is 12.9. The first-order chi connectivity index (χ1) is 13.7. The number of nitrogens with one attached hydrogen (secondary N) is 1. The highest BCUT2D eigenvalue weighted by Crippen LogP contribution is 2.14. The molecule has 1 fully saturated rings. The van der Waals surface area contributed by atoms with Crippen molar-refractivity contribution < 1.29 is 24.2 Å². The number of nitrogens with zero attached hydrogens (tertiary/aromatic N) is 2. The molecular formula is C21H35N3O5. The minimum absolute atomic E-state index is 0.145. The Balaban J connectivity index is 0.00000116. The molecule has 0 saturated carbocycles. The van der Waals surface area contributed by atoms with Gasteiger partial charge in [0, 0.05) is 37.4 Å². The zero-order valence-electron chi connectivity index (χ0n) is 18.4. The van der Waals surface area contributed by atoms with Crippen molar-refractivity contribution in [1.29, 1.82) is 0 Å². The van der Waals surface area contributed by atoms with E-state index in [0.29, 0.717) is 37.4 Å². The van der Waals surface area contributed by atoms with Crippen LogP contribution in [-0.4, -0.2) is 72.7 Å². The third-order valence-corrected chi connectivity index (χ3v) is 3.55. The summed E-state index contributed by atoms with van der Waals surface area (Å²) < 4.78 is 4.66. The van der Waals surface area contributed by atoms with E-state index in [-0.39, 0.29) is 12.5 Å². The van der Waals surface area contributed by atoms with Gasteiger partial charge in [0.25, 0.3) is 5.91 Å². The van der Waals surface area contributed by atoms with E-state index in [0.717, 1.165) is 5.92 Å². The molecule has 164 valence electrons. The summed E-state index contributed by atoms with van der Waals surface area (Å²) in [5, 5.41) is 11.4. The van der Waals surface area contributed by atoms with E-state index in [9.17, 15) is 14.4 Å². The largest absolute Gasteiger partial charge is 0.480 e. The second-order valence-electron chi connectivity index (χ2n) is 6.81. The highest BCUT2D eigenvalue weighted by molar-refractivity contribution is 5.95. The number of carbonyl (C=O) groups excluding carboxylic acids is 2. The van der Waals surface area contributed by atoms with Gasteiger partial charge in [-0.1, -0.05) is 40.7 Å². The monoisotopic (exact) mass is 409 g/mol. The van der Waals surface area contributed by atoms with E-state index >= 15 is 0 Å². The fourth-order valence-corrected chi connectivity index (χ4v) is 2.34. The Morgan fingerprint density at radius 3 is 2.07 bits per heavy atom. The van der Waals surface area contributed by atoms with Gasteiger partial charge in [-0.25, -0.2) is 4.79 Å². The number of hydrogen-bond acceptors (Lipinski definition) is 5. The predicted molar refractivity (Wildman–Crippen MR) is 114 cm³/mol. The lowest BCUT2D eigenvalue weighted by Crippen LogP contribution is -2.50. The van der Waals surface area contributed by atoms with E-state index < -0.39 is 12.1 Å². The average Bonchev–Trinajstić information content (AvgIpc) is 2.72. The van der Waals surface area contributed by atoms with Gasteiger partial charge in [0.15, 0.2) is 0 Å². The molecule has 29 heavy (non-hydrogen) atoms. The van der Waals surface area contributed by atoms with Gasteiger partial charge in [-0.05, 0) is 24.1 Å². The van der Waals surface area contributed by atoms with Gasteiger partial charge < -0.3 is 25.0 Å². The number of rotatable bonds is 4. The molecule has 8 nitrogen and oxygen atoms in total. The second-order valence-corrected chi connectivity index (χ2v) is 6.81. The van der Waals surface area contributed by atoms with Crippen LogP contribution in [0.3, 0.4) is 0 Å². The zero-order valence-corrected chi connectivity index (χ0v) is 18.4. The summed E-state index contributed by atoms with van der Waals surface area (Å²) >= 11 is 0. The van der Waals surface area contributed by atoms with Gasteiger partial charge in [0.05, 0.1) is 7.11 Å². The number of benzene rings is 1. The maximum atomic E-state index is 12.5. The van der Waals surface area contributed by atoms with E-state index in [1.807, 2.05) is 13.8 Å². The summed E-state index contributed by atoms with van der Waals surface area (Å²) in [7, 11) is 1.33. The molecule has 2 N–H and O–H groups in total. The van der Waals surface area contributed by atoms with Crippen molar-refractivity contribution in [3.05, 3.63) is 29.8 Å². The summed E-state index contributed by atoms with van der Waals surface area (Å²) in [6, 6.07) is 6.70. The van der Waals surface area contributed by atoms with Crippen LogP contribution in [0.15, 0.2) is 24.3 Å². The van der Waals surface area contributed by atoms with Crippen molar-refractivity contribution in [3.63, 3.8) is 0 Å². The number of amides is 2. The van der Waals surface area contributed by atoms with Crippen LogP contribution < -0.4 is 5.32 Å². The van der Waals surface area contributed by atoms with E-state index in [4.69, 9.17) is 5.11 Å². The lowest BCUT2D eigenvalue weighted by Gasteiger charge is -2.33. The van der Waals surface area contributed by atoms with Gasteiger partial charge in [-0.15, -0.1) is 0 Å². The zero-order chi connectivity index (χ0) is 22.4. The highest BCUT2D eigenvalue weighted by Gasteiger charge is 2.25. The average molecular weight is 410 g/mol. The Hall–Kier alpha value is -2.77. The first kappa shape index (κ1) is 26.2. The predicted octanol–water partition coefficient (Wildman–Crippen LogP) is 3.40. The van der Waals surface area contributed by atoms with Crippen LogP contribution in [0.25, 0.3) is 0 Å². The lowest BCUT2D eigenvalue weighted by atomic mass is 10.1. The molecule has 0 aliphatic carbocycles. The van der Waals surface area contributed by atoms with Gasteiger partial charge in [0.1, 0.15) is 6.54 Å². The maximum Gasteiger partial charge on any atom is 0.409 e. The summed E-state index contributed by atoms with van der Waals surface area (Å²) in [5.41, 5.74) is 1.05. The first-order valence-electron chi connectivity index (χ1n) is 9.92. The van der Waals surface area contributed by atoms with Gasteiger partial charge in [-0.2, -0.15) is 0 Å². The molecular weight excluding hydrogens is 374 g/mol. The Morgan fingerprint density at radius 2 is 1.59 bits per heavy atom. The number of piperazine rings is 1.